The van der Waals surface area contributed by atoms with Crippen molar-refractivity contribution in [2.45, 2.75) is 44.4 Å². The average molecular weight is 480 g/mol. The summed E-state index contributed by atoms with van der Waals surface area (Å²) < 4.78 is 56.2. The Morgan fingerprint density at radius 3 is 2.54 bits per heavy atom. The van der Waals surface area contributed by atoms with Gasteiger partial charge in [-0.25, -0.2) is 32.2 Å². The van der Waals surface area contributed by atoms with E-state index in [1.165, 1.54) is 35.1 Å². The van der Waals surface area contributed by atoms with Gasteiger partial charge in [0.2, 0.25) is 0 Å². The van der Waals surface area contributed by atoms with E-state index in [2.05, 4.69) is 34.1 Å². The fourth-order valence-electron chi connectivity index (χ4n) is 6.02. The van der Waals surface area contributed by atoms with Gasteiger partial charge >= 0.3 is 0 Å². The van der Waals surface area contributed by atoms with Crippen LogP contribution >= 0.6 is 0 Å². The number of fused-ring (bicyclic) bond motifs is 5. The second kappa shape index (κ2) is 7.40. The highest BCUT2D eigenvalue weighted by atomic mass is 19.3. The number of hydrogen-bond donors (Lipinski definition) is 0. The van der Waals surface area contributed by atoms with Gasteiger partial charge in [0.05, 0.1) is 28.1 Å². The van der Waals surface area contributed by atoms with E-state index in [0.717, 1.165) is 24.1 Å². The first kappa shape index (κ1) is 21.8. The molecule has 0 saturated heterocycles. The highest BCUT2D eigenvalue weighted by Crippen LogP contribution is 2.69. The number of hydrogen-bond acceptors (Lipinski definition) is 5. The summed E-state index contributed by atoms with van der Waals surface area (Å²) in [6.45, 7) is 4.25. The van der Waals surface area contributed by atoms with Crippen LogP contribution in [0.15, 0.2) is 48.8 Å². The maximum atomic E-state index is 14.4. The SMILES string of the molecule is CC1(C)[C@H]2CC[C@]1(c1ccnc(-n3ccc(C(F)F)n3)n1)c1nnc(-c3c(F)cccc3F)cc12. The highest BCUT2D eigenvalue weighted by Gasteiger charge is 2.65. The summed E-state index contributed by atoms with van der Waals surface area (Å²) in [7, 11) is 0. The zero-order valence-electron chi connectivity index (χ0n) is 18.9. The third-order valence-electron chi connectivity index (χ3n) is 7.72. The van der Waals surface area contributed by atoms with E-state index in [0.29, 0.717) is 5.69 Å². The molecule has 4 aromatic rings. The van der Waals surface area contributed by atoms with Crippen molar-refractivity contribution >= 4 is 0 Å². The minimum Gasteiger partial charge on any atom is -0.220 e. The monoisotopic (exact) mass is 480 g/mol. The molecule has 10 heteroatoms. The van der Waals surface area contributed by atoms with Crippen molar-refractivity contribution in [3.8, 4) is 17.2 Å². The van der Waals surface area contributed by atoms with Gasteiger partial charge in [-0.3, -0.25) is 0 Å². The van der Waals surface area contributed by atoms with Crippen molar-refractivity contribution in [1.82, 2.24) is 29.9 Å². The molecule has 1 fully saturated rings. The van der Waals surface area contributed by atoms with Crippen LogP contribution in [0.4, 0.5) is 17.6 Å². The third kappa shape index (κ3) is 2.91. The van der Waals surface area contributed by atoms with Crippen LogP contribution in [-0.2, 0) is 5.41 Å². The molecule has 3 heterocycles. The summed E-state index contributed by atoms with van der Waals surface area (Å²) in [4.78, 5) is 8.96. The van der Waals surface area contributed by atoms with E-state index in [9.17, 15) is 17.6 Å². The first-order valence-electron chi connectivity index (χ1n) is 11.2. The normalized spacial score (nSPS) is 22.1. The van der Waals surface area contributed by atoms with E-state index < -0.39 is 23.5 Å². The molecule has 6 rings (SSSR count). The van der Waals surface area contributed by atoms with E-state index >= 15 is 0 Å². The Balaban J connectivity index is 1.49. The van der Waals surface area contributed by atoms with Gasteiger partial charge in [0.1, 0.15) is 17.3 Å². The second-order valence-electron chi connectivity index (χ2n) is 9.58. The van der Waals surface area contributed by atoms with Crippen LogP contribution in [0.2, 0.25) is 0 Å². The maximum absolute atomic E-state index is 14.4. The fourth-order valence-corrected chi connectivity index (χ4v) is 6.02. The summed E-state index contributed by atoms with van der Waals surface area (Å²) in [5.41, 5.74) is 0.937. The number of aromatic nitrogens is 6. The Hall–Kier alpha value is -3.69. The van der Waals surface area contributed by atoms with E-state index in [1.807, 2.05) is 0 Å². The Labute approximate surface area is 198 Å². The number of benzene rings is 1. The van der Waals surface area contributed by atoms with Crippen LogP contribution in [-0.4, -0.2) is 29.9 Å². The van der Waals surface area contributed by atoms with Crippen LogP contribution in [0, 0.1) is 17.0 Å². The van der Waals surface area contributed by atoms with Gasteiger partial charge in [0, 0.05) is 12.4 Å². The highest BCUT2D eigenvalue weighted by molar-refractivity contribution is 5.64. The Morgan fingerprint density at radius 1 is 1.06 bits per heavy atom. The van der Waals surface area contributed by atoms with Crippen molar-refractivity contribution in [2.75, 3.05) is 0 Å². The van der Waals surface area contributed by atoms with Crippen molar-refractivity contribution in [1.29, 1.82) is 0 Å². The van der Waals surface area contributed by atoms with E-state index in [1.54, 1.807) is 18.3 Å². The third-order valence-corrected chi connectivity index (χ3v) is 7.72. The van der Waals surface area contributed by atoms with E-state index in [-0.39, 0.29) is 34.2 Å². The van der Waals surface area contributed by atoms with Crippen LogP contribution < -0.4 is 0 Å². The van der Waals surface area contributed by atoms with Crippen LogP contribution in [0.3, 0.4) is 0 Å². The first-order chi connectivity index (χ1) is 16.7. The molecular weight excluding hydrogens is 460 g/mol. The lowest BCUT2D eigenvalue weighted by Crippen LogP contribution is -2.38. The molecule has 1 saturated carbocycles. The summed E-state index contributed by atoms with van der Waals surface area (Å²) in [6.07, 6.45) is 1.86. The molecule has 2 bridgehead atoms. The minimum atomic E-state index is -2.70. The molecule has 1 aromatic carbocycles. The van der Waals surface area contributed by atoms with Crippen molar-refractivity contribution < 1.29 is 17.6 Å². The zero-order valence-corrected chi connectivity index (χ0v) is 18.9. The lowest BCUT2D eigenvalue weighted by molar-refractivity contribution is 0.145. The molecule has 2 atom stereocenters. The molecule has 2 aliphatic rings. The van der Waals surface area contributed by atoms with Crippen molar-refractivity contribution in [2.24, 2.45) is 5.41 Å². The fraction of sp³-hybridized carbons (Fsp3) is 0.320. The van der Waals surface area contributed by atoms with E-state index in [4.69, 9.17) is 4.98 Å². The maximum Gasteiger partial charge on any atom is 0.282 e. The zero-order chi connectivity index (χ0) is 24.5. The van der Waals surface area contributed by atoms with Gasteiger partial charge in [0.15, 0.2) is 0 Å². The first-order valence-corrected chi connectivity index (χ1v) is 11.2. The molecule has 0 unspecified atom stereocenters. The minimum absolute atomic E-state index is 0.0788. The predicted octanol–water partition coefficient (Wildman–Crippen LogP) is 5.54. The Kier molecular flexibility index (Phi) is 4.61. The molecule has 0 radical (unpaired) electrons. The molecule has 0 amide bonds. The molecule has 2 aliphatic carbocycles. The van der Waals surface area contributed by atoms with Gasteiger partial charge in [-0.05, 0) is 60.1 Å². The lowest BCUT2D eigenvalue weighted by Gasteiger charge is -2.37. The van der Waals surface area contributed by atoms with Gasteiger partial charge < -0.3 is 0 Å². The molecular formula is C25H20F4N6. The van der Waals surface area contributed by atoms with Crippen molar-refractivity contribution in [3.05, 3.63) is 83.1 Å². The molecule has 6 nitrogen and oxygen atoms in total. The number of nitrogens with zero attached hydrogens (tertiary/aromatic N) is 6. The van der Waals surface area contributed by atoms with Gasteiger partial charge in [-0.1, -0.05) is 19.9 Å². The molecule has 0 N–H and O–H groups in total. The summed E-state index contributed by atoms with van der Waals surface area (Å²) in [6, 6.07) is 8.47. The number of halogens is 4. The Morgan fingerprint density at radius 2 is 1.83 bits per heavy atom. The van der Waals surface area contributed by atoms with Crippen LogP contribution in [0.1, 0.15) is 61.7 Å². The summed E-state index contributed by atoms with van der Waals surface area (Å²) in [5.74, 6) is -1.14. The molecule has 0 aliphatic heterocycles. The molecule has 0 spiro atoms. The summed E-state index contributed by atoms with van der Waals surface area (Å²) >= 11 is 0. The predicted molar refractivity (Wildman–Crippen MR) is 118 cm³/mol. The molecule has 3 aromatic heterocycles. The summed E-state index contributed by atoms with van der Waals surface area (Å²) in [5, 5.41) is 12.6. The number of rotatable bonds is 4. The van der Waals surface area contributed by atoms with Gasteiger partial charge in [-0.15, -0.1) is 5.10 Å². The molecule has 35 heavy (non-hydrogen) atoms. The standard InChI is InChI=1S/C25H20F4N6/c1-24(2)14-6-9-25(24,19-7-10-30-23(31-19)35-11-8-17(34-35)22(28)29)21-13(14)12-18(32-33-21)20-15(26)4-3-5-16(20)27/h3-5,7-8,10-12,14,22H,6,9H2,1-2H3/t14-,25-/m0/s1. The van der Waals surface area contributed by atoms with Gasteiger partial charge in [-0.2, -0.15) is 10.2 Å². The number of alkyl halides is 2. The second-order valence-corrected chi connectivity index (χ2v) is 9.58. The smallest absolute Gasteiger partial charge is 0.220 e. The topological polar surface area (TPSA) is 69.4 Å². The quantitative estimate of drug-likeness (QED) is 0.359. The van der Waals surface area contributed by atoms with Crippen LogP contribution in [0.5, 0.6) is 0 Å². The van der Waals surface area contributed by atoms with Crippen LogP contribution in [0.25, 0.3) is 17.2 Å². The lowest BCUT2D eigenvalue weighted by atomic mass is 9.66. The largest absolute Gasteiger partial charge is 0.282 e. The van der Waals surface area contributed by atoms with Crippen molar-refractivity contribution in [3.63, 3.8) is 0 Å². The average Bonchev–Trinajstić information content (AvgIpc) is 3.48. The molecule has 178 valence electrons. The Bertz CT molecular complexity index is 1450. The van der Waals surface area contributed by atoms with Gasteiger partial charge in [0.25, 0.3) is 12.4 Å².